The molecule has 0 saturated heterocycles. The highest BCUT2D eigenvalue weighted by Crippen LogP contribution is 2.42. The van der Waals surface area contributed by atoms with Crippen molar-refractivity contribution in [3.63, 3.8) is 0 Å². The van der Waals surface area contributed by atoms with Crippen LogP contribution in [0.25, 0.3) is 0 Å². The van der Waals surface area contributed by atoms with E-state index in [4.69, 9.17) is 4.74 Å². The van der Waals surface area contributed by atoms with Gasteiger partial charge in [0, 0.05) is 5.41 Å². The molecule has 0 bridgehead atoms. The van der Waals surface area contributed by atoms with E-state index < -0.39 is 0 Å². The predicted molar refractivity (Wildman–Crippen MR) is 46.9 cm³/mol. The summed E-state index contributed by atoms with van der Waals surface area (Å²) in [4.78, 5) is 0. The normalized spacial score (nSPS) is 41.8. The first-order chi connectivity index (χ1) is 5.71. The molecule has 1 saturated carbocycles. The molecular weight excluding hydrogens is 152 g/mol. The highest BCUT2D eigenvalue weighted by atomic mass is 16.5. The summed E-state index contributed by atoms with van der Waals surface area (Å²) in [5.74, 6) is 0. The van der Waals surface area contributed by atoms with Crippen molar-refractivity contribution in [1.82, 2.24) is 0 Å². The van der Waals surface area contributed by atoms with E-state index in [9.17, 15) is 5.11 Å². The number of hydrogen-bond acceptors (Lipinski definition) is 2. The zero-order valence-electron chi connectivity index (χ0n) is 7.55. The van der Waals surface area contributed by atoms with E-state index >= 15 is 0 Å². The average Bonchev–Trinajstić information content (AvgIpc) is 2.06. The Morgan fingerprint density at radius 2 is 2.50 bits per heavy atom. The quantitative estimate of drug-likeness (QED) is 0.555. The van der Waals surface area contributed by atoms with Crippen LogP contribution in [0.3, 0.4) is 0 Å². The minimum Gasteiger partial charge on any atom is -0.393 e. The minimum absolute atomic E-state index is 0.109. The fourth-order valence-corrected chi connectivity index (χ4v) is 2.19. The largest absolute Gasteiger partial charge is 0.393 e. The summed E-state index contributed by atoms with van der Waals surface area (Å²) in [7, 11) is 0. The second kappa shape index (κ2) is 2.86. The maximum atomic E-state index is 9.48. The van der Waals surface area contributed by atoms with Crippen molar-refractivity contribution >= 4 is 0 Å². The highest BCUT2D eigenvalue weighted by molar-refractivity contribution is 5.19. The Labute approximate surface area is 73.2 Å². The van der Waals surface area contributed by atoms with Gasteiger partial charge in [0.1, 0.15) is 0 Å². The maximum Gasteiger partial charge on any atom is 0.0650 e. The van der Waals surface area contributed by atoms with Crippen molar-refractivity contribution in [3.05, 3.63) is 11.6 Å². The van der Waals surface area contributed by atoms with Crippen molar-refractivity contribution < 1.29 is 9.84 Å². The van der Waals surface area contributed by atoms with Gasteiger partial charge in [-0.05, 0) is 19.3 Å². The van der Waals surface area contributed by atoms with Gasteiger partial charge in [-0.1, -0.05) is 18.6 Å². The van der Waals surface area contributed by atoms with Crippen molar-refractivity contribution in [3.8, 4) is 0 Å². The predicted octanol–water partition coefficient (Wildman–Crippen LogP) is 1.49. The first-order valence-corrected chi connectivity index (χ1v) is 4.66. The molecule has 2 heteroatoms. The van der Waals surface area contributed by atoms with Gasteiger partial charge in [0.25, 0.3) is 0 Å². The molecule has 2 rings (SSSR count). The van der Waals surface area contributed by atoms with Crippen LogP contribution in [0.15, 0.2) is 11.6 Å². The van der Waals surface area contributed by atoms with E-state index in [1.54, 1.807) is 0 Å². The zero-order chi connectivity index (χ0) is 8.60. The van der Waals surface area contributed by atoms with Crippen LogP contribution in [0.1, 0.15) is 26.2 Å². The molecule has 1 heterocycles. The number of fused-ring (bicyclic) bond motifs is 1. The molecule has 0 aromatic rings. The Kier molecular flexibility index (Phi) is 1.97. The van der Waals surface area contributed by atoms with Gasteiger partial charge in [-0.3, -0.25) is 0 Å². The lowest BCUT2D eigenvalue weighted by Gasteiger charge is -2.40. The van der Waals surface area contributed by atoms with Crippen LogP contribution < -0.4 is 0 Å². The second-order valence-corrected chi connectivity index (χ2v) is 4.20. The van der Waals surface area contributed by atoms with Gasteiger partial charge in [0.15, 0.2) is 0 Å². The van der Waals surface area contributed by atoms with Gasteiger partial charge in [-0.15, -0.1) is 0 Å². The van der Waals surface area contributed by atoms with E-state index in [2.05, 4.69) is 13.0 Å². The molecule has 1 fully saturated rings. The number of hydrogen-bond donors (Lipinski definition) is 1. The highest BCUT2D eigenvalue weighted by Gasteiger charge is 2.36. The van der Waals surface area contributed by atoms with Gasteiger partial charge in [0.2, 0.25) is 0 Å². The lowest BCUT2D eigenvalue weighted by Crippen LogP contribution is -2.36. The first-order valence-electron chi connectivity index (χ1n) is 4.66. The van der Waals surface area contributed by atoms with Crippen molar-refractivity contribution in [2.45, 2.75) is 32.3 Å². The Bertz CT molecular complexity index is 210. The summed E-state index contributed by atoms with van der Waals surface area (Å²) in [6.07, 6.45) is 4.89. The van der Waals surface area contributed by atoms with Crippen LogP contribution in [-0.4, -0.2) is 24.4 Å². The summed E-state index contributed by atoms with van der Waals surface area (Å²) in [6.45, 7) is 3.81. The fourth-order valence-electron chi connectivity index (χ4n) is 2.19. The standard InChI is InChI=1S/C10H16O2/c1-10-4-2-9(11)6-8(10)3-5-12-7-10/h3,9,11H,2,4-7H2,1H3. The van der Waals surface area contributed by atoms with E-state index in [-0.39, 0.29) is 11.5 Å². The molecule has 1 aliphatic carbocycles. The van der Waals surface area contributed by atoms with Crippen LogP contribution in [0.5, 0.6) is 0 Å². The minimum atomic E-state index is -0.109. The topological polar surface area (TPSA) is 29.5 Å². The molecule has 0 aromatic heterocycles. The molecule has 12 heavy (non-hydrogen) atoms. The van der Waals surface area contributed by atoms with E-state index in [1.165, 1.54) is 5.57 Å². The third kappa shape index (κ3) is 1.29. The molecule has 0 radical (unpaired) electrons. The number of ether oxygens (including phenoxy) is 1. The summed E-state index contributed by atoms with van der Waals surface area (Å²) >= 11 is 0. The number of rotatable bonds is 0. The molecule has 1 N–H and O–H groups in total. The number of aliphatic hydroxyl groups is 1. The lowest BCUT2D eigenvalue weighted by molar-refractivity contribution is 0.0293. The number of aliphatic hydroxyl groups excluding tert-OH is 1. The summed E-state index contributed by atoms with van der Waals surface area (Å²) < 4.78 is 5.42. The van der Waals surface area contributed by atoms with E-state index in [0.717, 1.165) is 32.5 Å². The lowest BCUT2D eigenvalue weighted by atomic mass is 9.70. The molecule has 2 unspecified atom stereocenters. The smallest absolute Gasteiger partial charge is 0.0650 e. The van der Waals surface area contributed by atoms with Crippen molar-refractivity contribution in [2.24, 2.45) is 5.41 Å². The maximum absolute atomic E-state index is 9.48. The summed E-state index contributed by atoms with van der Waals surface area (Å²) in [6, 6.07) is 0. The summed E-state index contributed by atoms with van der Waals surface area (Å²) in [5, 5.41) is 9.48. The van der Waals surface area contributed by atoms with Gasteiger partial charge >= 0.3 is 0 Å². The third-order valence-electron chi connectivity index (χ3n) is 3.13. The van der Waals surface area contributed by atoms with Crippen LogP contribution in [0.4, 0.5) is 0 Å². The van der Waals surface area contributed by atoms with Crippen LogP contribution >= 0.6 is 0 Å². The van der Waals surface area contributed by atoms with Gasteiger partial charge < -0.3 is 9.84 Å². The zero-order valence-corrected chi connectivity index (χ0v) is 7.55. The Balaban J connectivity index is 2.19. The molecule has 2 aliphatic rings. The Hall–Kier alpha value is -0.340. The van der Waals surface area contributed by atoms with Crippen LogP contribution in [0.2, 0.25) is 0 Å². The van der Waals surface area contributed by atoms with Crippen LogP contribution in [0, 0.1) is 5.41 Å². The van der Waals surface area contributed by atoms with Gasteiger partial charge in [-0.25, -0.2) is 0 Å². The molecule has 0 spiro atoms. The van der Waals surface area contributed by atoms with E-state index in [0.29, 0.717) is 0 Å². The van der Waals surface area contributed by atoms with E-state index in [1.807, 2.05) is 0 Å². The van der Waals surface area contributed by atoms with Crippen molar-refractivity contribution in [2.75, 3.05) is 13.2 Å². The average molecular weight is 168 g/mol. The Morgan fingerprint density at radius 1 is 1.67 bits per heavy atom. The molecular formula is C10H16O2. The molecule has 68 valence electrons. The summed E-state index contributed by atoms with van der Waals surface area (Å²) in [5.41, 5.74) is 1.64. The molecule has 1 aliphatic heterocycles. The Morgan fingerprint density at radius 3 is 3.33 bits per heavy atom. The third-order valence-corrected chi connectivity index (χ3v) is 3.13. The van der Waals surface area contributed by atoms with Gasteiger partial charge in [0.05, 0.1) is 19.3 Å². The molecule has 2 nitrogen and oxygen atoms in total. The first kappa shape index (κ1) is 8.27. The fraction of sp³-hybridized carbons (Fsp3) is 0.800. The molecule has 0 aromatic carbocycles. The monoisotopic (exact) mass is 168 g/mol. The molecule has 0 amide bonds. The van der Waals surface area contributed by atoms with Gasteiger partial charge in [-0.2, -0.15) is 0 Å². The second-order valence-electron chi connectivity index (χ2n) is 4.20. The van der Waals surface area contributed by atoms with Crippen molar-refractivity contribution in [1.29, 1.82) is 0 Å². The SMILES string of the molecule is CC12CCC(O)CC1=CCOC2. The van der Waals surface area contributed by atoms with Crippen LogP contribution in [-0.2, 0) is 4.74 Å². The molecule has 2 atom stereocenters.